The Balaban J connectivity index is 2.49. The molecule has 8 heteroatoms. The number of nitrogens with zero attached hydrogens (tertiary/aromatic N) is 4. The van der Waals surface area contributed by atoms with Crippen molar-refractivity contribution in [2.75, 3.05) is 0 Å². The summed E-state index contributed by atoms with van der Waals surface area (Å²) in [5.41, 5.74) is 5.56. The van der Waals surface area contributed by atoms with Crippen molar-refractivity contribution in [2.24, 2.45) is 5.73 Å². The molecule has 1 aromatic carbocycles. The minimum atomic E-state index is -0.621. The summed E-state index contributed by atoms with van der Waals surface area (Å²) in [6.07, 6.45) is 1.42. The largest absolute Gasteiger partial charge is 0.325 e. The lowest BCUT2D eigenvalue weighted by molar-refractivity contribution is -0.384. The average molecular weight is 237 g/mol. The molecule has 2 aromatic rings. The van der Waals surface area contributed by atoms with Crippen LogP contribution in [-0.4, -0.2) is 19.9 Å². The fourth-order valence-electron chi connectivity index (χ4n) is 1.30. The molecular formula is C9H8FN5O2. The number of halogens is 1. The van der Waals surface area contributed by atoms with Gasteiger partial charge in [-0.05, 0) is 6.07 Å². The molecule has 2 N–H and O–H groups in total. The van der Waals surface area contributed by atoms with E-state index in [0.29, 0.717) is 5.69 Å². The number of nitro groups is 1. The van der Waals surface area contributed by atoms with Crippen molar-refractivity contribution < 1.29 is 9.31 Å². The van der Waals surface area contributed by atoms with Gasteiger partial charge in [0.05, 0.1) is 16.8 Å². The first kappa shape index (κ1) is 11.1. The molecule has 0 aliphatic rings. The summed E-state index contributed by atoms with van der Waals surface area (Å²) in [5, 5.41) is 17.9. The van der Waals surface area contributed by atoms with Crippen LogP contribution in [0.2, 0.25) is 0 Å². The summed E-state index contributed by atoms with van der Waals surface area (Å²) in [6, 6.07) is 3.18. The van der Waals surface area contributed by atoms with E-state index in [1.807, 2.05) is 0 Å². The van der Waals surface area contributed by atoms with Crippen LogP contribution in [0.5, 0.6) is 0 Å². The highest BCUT2D eigenvalue weighted by atomic mass is 19.1. The van der Waals surface area contributed by atoms with Crippen molar-refractivity contribution in [3.8, 4) is 5.69 Å². The third kappa shape index (κ3) is 2.11. The first-order chi connectivity index (χ1) is 8.11. The van der Waals surface area contributed by atoms with Crippen LogP contribution < -0.4 is 5.73 Å². The maximum Gasteiger partial charge on any atom is 0.271 e. The molecule has 0 saturated carbocycles. The predicted molar refractivity (Wildman–Crippen MR) is 55.9 cm³/mol. The lowest BCUT2D eigenvalue weighted by Crippen LogP contribution is -2.00. The number of nitro benzene ring substituents is 1. The summed E-state index contributed by atoms with van der Waals surface area (Å²) in [6.45, 7) is 0.163. The summed E-state index contributed by atoms with van der Waals surface area (Å²) < 4.78 is 14.6. The van der Waals surface area contributed by atoms with Crippen molar-refractivity contribution in [1.82, 2.24) is 15.0 Å². The normalized spacial score (nSPS) is 10.5. The molecule has 2 rings (SSSR count). The molecule has 1 aromatic heterocycles. The van der Waals surface area contributed by atoms with Crippen molar-refractivity contribution >= 4 is 5.69 Å². The fourth-order valence-corrected chi connectivity index (χ4v) is 1.30. The molecule has 0 amide bonds. The van der Waals surface area contributed by atoms with Gasteiger partial charge in [0.25, 0.3) is 5.69 Å². The zero-order valence-corrected chi connectivity index (χ0v) is 8.58. The zero-order valence-electron chi connectivity index (χ0n) is 8.58. The topological polar surface area (TPSA) is 99.9 Å². The van der Waals surface area contributed by atoms with Crippen LogP contribution in [0, 0.1) is 15.9 Å². The highest BCUT2D eigenvalue weighted by Gasteiger charge is 2.13. The molecular weight excluding hydrogens is 229 g/mol. The minimum Gasteiger partial charge on any atom is -0.325 e. The Kier molecular flexibility index (Phi) is 2.79. The molecule has 0 radical (unpaired) electrons. The molecule has 0 bridgehead atoms. The second-order valence-electron chi connectivity index (χ2n) is 3.25. The highest BCUT2D eigenvalue weighted by Crippen LogP contribution is 2.19. The van der Waals surface area contributed by atoms with Crippen molar-refractivity contribution in [2.45, 2.75) is 6.54 Å². The lowest BCUT2D eigenvalue weighted by atomic mass is 10.2. The Hall–Kier alpha value is -2.35. The van der Waals surface area contributed by atoms with E-state index >= 15 is 0 Å². The Morgan fingerprint density at radius 3 is 2.88 bits per heavy atom. The molecule has 7 nitrogen and oxygen atoms in total. The molecule has 0 aliphatic carbocycles. The van der Waals surface area contributed by atoms with Gasteiger partial charge in [-0.2, -0.15) is 0 Å². The van der Waals surface area contributed by atoms with E-state index in [4.69, 9.17) is 5.73 Å². The number of benzene rings is 1. The summed E-state index contributed by atoms with van der Waals surface area (Å²) in [7, 11) is 0. The van der Waals surface area contributed by atoms with Gasteiger partial charge in [0.2, 0.25) is 0 Å². The SMILES string of the molecule is NCc1cn(-c2cc([N+](=O)[O-])ccc2F)nn1. The molecule has 0 aliphatic heterocycles. The molecule has 0 fully saturated rings. The van der Waals surface area contributed by atoms with Crippen LogP contribution in [0.15, 0.2) is 24.4 Å². The van der Waals surface area contributed by atoms with Gasteiger partial charge in [0.15, 0.2) is 0 Å². The van der Waals surface area contributed by atoms with E-state index in [1.54, 1.807) is 0 Å². The maximum atomic E-state index is 13.5. The van der Waals surface area contributed by atoms with Gasteiger partial charge < -0.3 is 5.73 Å². The number of rotatable bonds is 3. The van der Waals surface area contributed by atoms with Crippen LogP contribution in [0.4, 0.5) is 10.1 Å². The zero-order chi connectivity index (χ0) is 12.4. The molecule has 0 saturated heterocycles. The Bertz CT molecular complexity index is 568. The molecule has 0 unspecified atom stereocenters. The van der Waals surface area contributed by atoms with Gasteiger partial charge in [-0.1, -0.05) is 5.21 Å². The molecule has 17 heavy (non-hydrogen) atoms. The van der Waals surface area contributed by atoms with E-state index in [9.17, 15) is 14.5 Å². The second-order valence-corrected chi connectivity index (χ2v) is 3.25. The Labute approximate surface area is 94.8 Å². The minimum absolute atomic E-state index is 0.0357. The smallest absolute Gasteiger partial charge is 0.271 e. The van der Waals surface area contributed by atoms with E-state index in [2.05, 4.69) is 10.3 Å². The van der Waals surface area contributed by atoms with E-state index in [0.717, 1.165) is 22.9 Å². The highest BCUT2D eigenvalue weighted by molar-refractivity contribution is 5.43. The van der Waals surface area contributed by atoms with Crippen LogP contribution in [0.1, 0.15) is 5.69 Å². The van der Waals surface area contributed by atoms with Crippen LogP contribution in [0.3, 0.4) is 0 Å². The van der Waals surface area contributed by atoms with Gasteiger partial charge in [0, 0.05) is 18.7 Å². The number of hydrogen-bond acceptors (Lipinski definition) is 5. The summed E-state index contributed by atoms with van der Waals surface area (Å²) in [5.74, 6) is -0.621. The quantitative estimate of drug-likeness (QED) is 0.627. The maximum absolute atomic E-state index is 13.5. The fraction of sp³-hybridized carbons (Fsp3) is 0.111. The van der Waals surface area contributed by atoms with Crippen LogP contribution >= 0.6 is 0 Å². The lowest BCUT2D eigenvalue weighted by Gasteiger charge is -2.01. The molecule has 88 valence electrons. The molecule has 1 heterocycles. The summed E-state index contributed by atoms with van der Waals surface area (Å²) >= 11 is 0. The Morgan fingerprint density at radius 2 is 2.29 bits per heavy atom. The van der Waals surface area contributed by atoms with E-state index in [-0.39, 0.29) is 17.9 Å². The standard InChI is InChI=1S/C9H8FN5O2/c10-8-2-1-7(15(16)17)3-9(8)14-5-6(4-11)12-13-14/h1-3,5H,4,11H2. The van der Waals surface area contributed by atoms with Crippen molar-refractivity contribution in [1.29, 1.82) is 0 Å². The second kappa shape index (κ2) is 4.26. The van der Waals surface area contributed by atoms with Crippen molar-refractivity contribution in [3.05, 3.63) is 46.0 Å². The van der Waals surface area contributed by atoms with Crippen LogP contribution in [0.25, 0.3) is 5.69 Å². The molecule has 0 spiro atoms. The third-order valence-electron chi connectivity index (χ3n) is 2.14. The van der Waals surface area contributed by atoms with Gasteiger partial charge >= 0.3 is 0 Å². The monoisotopic (exact) mass is 237 g/mol. The summed E-state index contributed by atoms with van der Waals surface area (Å²) in [4.78, 5) is 9.97. The Morgan fingerprint density at radius 1 is 1.53 bits per heavy atom. The third-order valence-corrected chi connectivity index (χ3v) is 2.14. The van der Waals surface area contributed by atoms with Gasteiger partial charge in [-0.25, -0.2) is 9.07 Å². The number of aromatic nitrogens is 3. The van der Waals surface area contributed by atoms with Crippen molar-refractivity contribution in [3.63, 3.8) is 0 Å². The van der Waals surface area contributed by atoms with Gasteiger partial charge in [-0.15, -0.1) is 5.10 Å². The molecule has 0 atom stereocenters. The van der Waals surface area contributed by atoms with E-state index in [1.165, 1.54) is 6.20 Å². The van der Waals surface area contributed by atoms with Gasteiger partial charge in [0.1, 0.15) is 11.5 Å². The van der Waals surface area contributed by atoms with E-state index < -0.39 is 10.7 Å². The predicted octanol–water partition coefficient (Wildman–Crippen LogP) is 0.773. The number of hydrogen-bond donors (Lipinski definition) is 1. The average Bonchev–Trinajstić information content (AvgIpc) is 2.77. The van der Waals surface area contributed by atoms with Gasteiger partial charge in [-0.3, -0.25) is 10.1 Å². The van der Waals surface area contributed by atoms with Crippen LogP contribution in [-0.2, 0) is 6.54 Å². The first-order valence-electron chi connectivity index (χ1n) is 4.67. The number of nitrogens with two attached hydrogens (primary N) is 1. The first-order valence-corrected chi connectivity index (χ1v) is 4.67. The number of non-ortho nitro benzene ring substituents is 1.